The number of aromatic hydroxyl groups is 1. The van der Waals surface area contributed by atoms with Gasteiger partial charge in [-0.05, 0) is 46.6 Å². The summed E-state index contributed by atoms with van der Waals surface area (Å²) in [6, 6.07) is 4.95. The van der Waals surface area contributed by atoms with Crippen molar-refractivity contribution < 1.29 is 19.7 Å². The highest BCUT2D eigenvalue weighted by Gasteiger charge is 2.49. The number of hydrogen-bond acceptors (Lipinski definition) is 4. The molecule has 116 valence electrons. The van der Waals surface area contributed by atoms with E-state index in [9.17, 15) is 15.0 Å². The fourth-order valence-electron chi connectivity index (χ4n) is 2.50. The number of carbonyl (C=O) groups excluding carboxylic acids is 1. The van der Waals surface area contributed by atoms with Crippen molar-refractivity contribution in [1.29, 1.82) is 0 Å². The molecule has 0 bridgehead atoms. The molecule has 0 aliphatic heterocycles. The molecule has 5 nitrogen and oxygen atoms in total. The molecule has 0 aromatic heterocycles. The van der Waals surface area contributed by atoms with E-state index in [1.165, 1.54) is 6.07 Å². The number of nitrogens with one attached hydrogen (secondary N) is 1. The third-order valence-corrected chi connectivity index (χ3v) is 3.77. The molecule has 21 heavy (non-hydrogen) atoms. The van der Waals surface area contributed by atoms with Crippen LogP contribution in [-0.2, 0) is 10.2 Å². The number of phenols is 1. The molecule has 1 aliphatic carbocycles. The van der Waals surface area contributed by atoms with E-state index < -0.39 is 17.8 Å². The van der Waals surface area contributed by atoms with E-state index in [4.69, 9.17) is 4.74 Å². The molecular formula is C16H23NO4. The first-order valence-electron chi connectivity index (χ1n) is 7.16. The maximum Gasteiger partial charge on any atom is 0.412 e. The zero-order valence-electron chi connectivity index (χ0n) is 12.9. The van der Waals surface area contributed by atoms with Crippen LogP contribution in [0.2, 0.25) is 0 Å². The lowest BCUT2D eigenvalue weighted by Crippen LogP contribution is -2.27. The fraction of sp³-hybridized carbons (Fsp3) is 0.562. The molecule has 1 aliphatic rings. The lowest BCUT2D eigenvalue weighted by Gasteiger charge is -2.22. The first-order valence-corrected chi connectivity index (χ1v) is 7.16. The minimum atomic E-state index is -0.573. The number of amides is 1. The quantitative estimate of drug-likeness (QED) is 0.800. The summed E-state index contributed by atoms with van der Waals surface area (Å²) in [6.07, 6.45) is 0.646. The molecule has 0 heterocycles. The predicted octanol–water partition coefficient (Wildman–Crippen LogP) is 3.15. The van der Waals surface area contributed by atoms with Crippen molar-refractivity contribution in [3.63, 3.8) is 0 Å². The zero-order valence-corrected chi connectivity index (χ0v) is 12.9. The molecule has 0 radical (unpaired) electrons. The van der Waals surface area contributed by atoms with Crippen LogP contribution in [-0.4, -0.2) is 28.0 Å². The van der Waals surface area contributed by atoms with Crippen LogP contribution < -0.4 is 5.32 Å². The largest absolute Gasteiger partial charge is 0.508 e. The van der Waals surface area contributed by atoms with Crippen molar-refractivity contribution >= 4 is 11.8 Å². The molecule has 2 rings (SSSR count). The standard InChI is InChI=1S/C16H23NO4/c1-10(18)16(7-8-16)12-6-5-11(9-13(12)19)17-14(20)21-15(2,3)4/h5-6,9-10,18-19H,7-8H2,1-4H3,(H,17,20). The number of aliphatic hydroxyl groups excluding tert-OH is 1. The van der Waals surface area contributed by atoms with Crippen molar-refractivity contribution in [2.45, 2.75) is 57.7 Å². The summed E-state index contributed by atoms with van der Waals surface area (Å²) in [5, 5.41) is 22.6. The first kappa shape index (κ1) is 15.6. The third kappa shape index (κ3) is 3.47. The Morgan fingerprint density at radius 2 is 2.00 bits per heavy atom. The van der Waals surface area contributed by atoms with E-state index in [1.807, 2.05) is 0 Å². The zero-order chi connectivity index (χ0) is 15.8. The lowest BCUT2D eigenvalue weighted by molar-refractivity contribution is 0.0636. The second-order valence-corrected chi connectivity index (χ2v) is 6.69. The molecule has 1 aromatic rings. The molecule has 1 aromatic carbocycles. The van der Waals surface area contributed by atoms with Gasteiger partial charge in [-0.1, -0.05) is 6.07 Å². The molecule has 1 amide bonds. The topological polar surface area (TPSA) is 78.8 Å². The first-order chi connectivity index (χ1) is 9.64. The van der Waals surface area contributed by atoms with Crippen LogP contribution in [0, 0.1) is 0 Å². The molecule has 1 atom stereocenters. The fourth-order valence-corrected chi connectivity index (χ4v) is 2.50. The minimum absolute atomic E-state index is 0.0851. The number of carbonyl (C=O) groups is 1. The summed E-state index contributed by atoms with van der Waals surface area (Å²) in [5.41, 5.74) is 0.282. The third-order valence-electron chi connectivity index (χ3n) is 3.77. The van der Waals surface area contributed by atoms with Crippen molar-refractivity contribution in [1.82, 2.24) is 0 Å². The Morgan fingerprint density at radius 3 is 2.43 bits per heavy atom. The van der Waals surface area contributed by atoms with Crippen LogP contribution in [0.5, 0.6) is 5.75 Å². The Hall–Kier alpha value is -1.75. The Kier molecular flexibility index (Phi) is 3.89. The molecule has 0 saturated heterocycles. The van der Waals surface area contributed by atoms with Gasteiger partial charge in [0.1, 0.15) is 11.4 Å². The summed E-state index contributed by atoms with van der Waals surface area (Å²) < 4.78 is 5.16. The van der Waals surface area contributed by atoms with Gasteiger partial charge in [0.25, 0.3) is 0 Å². The number of phenolic OH excluding ortho intramolecular Hbond substituents is 1. The van der Waals surface area contributed by atoms with E-state index in [0.29, 0.717) is 5.69 Å². The molecule has 3 N–H and O–H groups in total. The van der Waals surface area contributed by atoms with Crippen LogP contribution in [0.1, 0.15) is 46.1 Å². The summed E-state index contributed by atoms with van der Waals surface area (Å²) in [6.45, 7) is 7.09. The molecule has 5 heteroatoms. The van der Waals surface area contributed by atoms with Crippen molar-refractivity contribution in [2.75, 3.05) is 5.32 Å². The number of aliphatic hydroxyl groups is 1. The van der Waals surface area contributed by atoms with Crippen molar-refractivity contribution in [2.24, 2.45) is 0 Å². The van der Waals surface area contributed by atoms with Gasteiger partial charge in [-0.2, -0.15) is 0 Å². The van der Waals surface area contributed by atoms with Gasteiger partial charge in [-0.15, -0.1) is 0 Å². The van der Waals surface area contributed by atoms with E-state index >= 15 is 0 Å². The van der Waals surface area contributed by atoms with Crippen LogP contribution >= 0.6 is 0 Å². The second-order valence-electron chi connectivity index (χ2n) is 6.69. The van der Waals surface area contributed by atoms with Gasteiger partial charge in [0, 0.05) is 22.7 Å². The minimum Gasteiger partial charge on any atom is -0.508 e. The summed E-state index contributed by atoms with van der Waals surface area (Å²) in [7, 11) is 0. The lowest BCUT2D eigenvalue weighted by atomic mass is 9.90. The Balaban J connectivity index is 2.12. The second kappa shape index (κ2) is 5.22. The van der Waals surface area contributed by atoms with E-state index in [2.05, 4.69) is 5.32 Å². The Bertz CT molecular complexity index is 542. The van der Waals surface area contributed by atoms with Gasteiger partial charge >= 0.3 is 6.09 Å². The normalized spacial score (nSPS) is 18.0. The van der Waals surface area contributed by atoms with E-state index in [-0.39, 0.29) is 11.2 Å². The van der Waals surface area contributed by atoms with Gasteiger partial charge in [0.2, 0.25) is 0 Å². The average Bonchev–Trinajstić information content (AvgIpc) is 3.07. The molecule has 0 spiro atoms. The van der Waals surface area contributed by atoms with E-state index in [0.717, 1.165) is 18.4 Å². The van der Waals surface area contributed by atoms with Crippen molar-refractivity contribution in [3.05, 3.63) is 23.8 Å². The van der Waals surface area contributed by atoms with E-state index in [1.54, 1.807) is 39.8 Å². The average molecular weight is 293 g/mol. The van der Waals surface area contributed by atoms with Crippen LogP contribution in [0.3, 0.4) is 0 Å². The number of anilines is 1. The van der Waals surface area contributed by atoms with Crippen LogP contribution in [0.25, 0.3) is 0 Å². The monoisotopic (exact) mass is 293 g/mol. The van der Waals surface area contributed by atoms with Gasteiger partial charge in [-0.25, -0.2) is 4.79 Å². The summed E-state index contributed by atoms with van der Waals surface area (Å²) in [4.78, 5) is 11.7. The predicted molar refractivity (Wildman–Crippen MR) is 80.6 cm³/mol. The molecule has 1 fully saturated rings. The smallest absolute Gasteiger partial charge is 0.412 e. The molecule has 1 saturated carbocycles. The highest BCUT2D eigenvalue weighted by molar-refractivity contribution is 5.85. The molecule has 1 unspecified atom stereocenters. The van der Waals surface area contributed by atoms with Crippen molar-refractivity contribution in [3.8, 4) is 5.75 Å². The van der Waals surface area contributed by atoms with Gasteiger partial charge in [0.15, 0.2) is 0 Å². The maximum absolute atomic E-state index is 11.7. The summed E-state index contributed by atoms with van der Waals surface area (Å²) >= 11 is 0. The Morgan fingerprint density at radius 1 is 1.38 bits per heavy atom. The van der Waals surface area contributed by atoms with Crippen LogP contribution in [0.4, 0.5) is 10.5 Å². The number of hydrogen-bond donors (Lipinski definition) is 3. The number of rotatable bonds is 3. The number of ether oxygens (including phenoxy) is 1. The Labute approximate surface area is 124 Å². The maximum atomic E-state index is 11.7. The highest BCUT2D eigenvalue weighted by atomic mass is 16.6. The molecular weight excluding hydrogens is 270 g/mol. The van der Waals surface area contributed by atoms with Crippen LogP contribution in [0.15, 0.2) is 18.2 Å². The van der Waals surface area contributed by atoms with Gasteiger partial charge < -0.3 is 14.9 Å². The SMILES string of the molecule is CC(O)C1(c2ccc(NC(=O)OC(C)(C)C)cc2O)CC1. The highest BCUT2D eigenvalue weighted by Crippen LogP contribution is 2.53. The number of benzene rings is 1. The van der Waals surface area contributed by atoms with Gasteiger partial charge in [0.05, 0.1) is 6.10 Å². The summed E-state index contributed by atoms with van der Waals surface area (Å²) in [5.74, 6) is 0.0851. The van der Waals surface area contributed by atoms with Gasteiger partial charge in [-0.3, -0.25) is 5.32 Å².